The van der Waals surface area contributed by atoms with Crippen molar-refractivity contribution in [2.24, 2.45) is 11.8 Å². The smallest absolute Gasteiger partial charge is 0.265 e. The van der Waals surface area contributed by atoms with Crippen LogP contribution >= 0.6 is 0 Å². The molecule has 0 spiro atoms. The standard InChI is InChI=1S/C22H32N2O3/c1-14-7-6-8-17(15(14)2)23-20(25)12-24-18-11-16(22(3,4)5)9-10-19(18)27-13-21(24)26/h9-11,14-15,17H,6-8,12-13H2,1-5H3,(H,23,25)/t14-,15+,17-/m0/s1. The molecule has 0 bridgehead atoms. The summed E-state index contributed by atoms with van der Waals surface area (Å²) in [4.78, 5) is 26.8. The van der Waals surface area contributed by atoms with E-state index < -0.39 is 0 Å². The van der Waals surface area contributed by atoms with Crippen molar-refractivity contribution in [2.75, 3.05) is 18.1 Å². The molecule has 0 unspecified atom stereocenters. The molecule has 5 nitrogen and oxygen atoms in total. The van der Waals surface area contributed by atoms with Gasteiger partial charge in [-0.15, -0.1) is 0 Å². The van der Waals surface area contributed by atoms with Crippen molar-refractivity contribution < 1.29 is 14.3 Å². The Morgan fingerprint density at radius 3 is 2.70 bits per heavy atom. The number of benzene rings is 1. The minimum absolute atomic E-state index is 0.0218. The lowest BCUT2D eigenvalue weighted by atomic mass is 9.78. The highest BCUT2D eigenvalue weighted by Gasteiger charge is 2.32. The van der Waals surface area contributed by atoms with Gasteiger partial charge in [-0.25, -0.2) is 0 Å². The fourth-order valence-electron chi connectivity index (χ4n) is 4.02. The monoisotopic (exact) mass is 372 g/mol. The lowest BCUT2D eigenvalue weighted by Crippen LogP contribution is -2.50. The van der Waals surface area contributed by atoms with E-state index in [9.17, 15) is 9.59 Å². The van der Waals surface area contributed by atoms with Crippen molar-refractivity contribution in [1.29, 1.82) is 0 Å². The summed E-state index contributed by atoms with van der Waals surface area (Å²) in [6, 6.07) is 6.10. The number of anilines is 1. The van der Waals surface area contributed by atoms with Gasteiger partial charge in [0.25, 0.3) is 5.91 Å². The molecule has 1 heterocycles. The summed E-state index contributed by atoms with van der Waals surface area (Å²) in [7, 11) is 0. The first-order valence-corrected chi connectivity index (χ1v) is 10.0. The highest BCUT2D eigenvalue weighted by molar-refractivity contribution is 6.02. The van der Waals surface area contributed by atoms with Crippen LogP contribution in [0.3, 0.4) is 0 Å². The lowest BCUT2D eigenvalue weighted by molar-refractivity contribution is -0.126. The predicted molar refractivity (Wildman–Crippen MR) is 107 cm³/mol. The molecule has 1 fully saturated rings. The molecule has 148 valence electrons. The van der Waals surface area contributed by atoms with Crippen molar-refractivity contribution in [1.82, 2.24) is 5.32 Å². The van der Waals surface area contributed by atoms with Crippen LogP contribution in [0, 0.1) is 11.8 Å². The summed E-state index contributed by atoms with van der Waals surface area (Å²) in [5.74, 6) is 1.47. The fourth-order valence-corrected chi connectivity index (χ4v) is 4.02. The highest BCUT2D eigenvalue weighted by atomic mass is 16.5. The van der Waals surface area contributed by atoms with E-state index in [0.717, 1.165) is 18.4 Å². The molecule has 0 saturated heterocycles. The highest BCUT2D eigenvalue weighted by Crippen LogP contribution is 2.36. The summed E-state index contributed by atoms with van der Waals surface area (Å²) in [5, 5.41) is 3.17. The first-order valence-electron chi connectivity index (χ1n) is 10.0. The Kier molecular flexibility index (Phi) is 5.50. The van der Waals surface area contributed by atoms with Gasteiger partial charge in [-0.1, -0.05) is 53.5 Å². The third-order valence-corrected chi connectivity index (χ3v) is 6.12. The summed E-state index contributed by atoms with van der Waals surface area (Å²) >= 11 is 0. The largest absolute Gasteiger partial charge is 0.482 e. The zero-order chi connectivity index (χ0) is 19.8. The molecule has 2 amide bonds. The van der Waals surface area contributed by atoms with Gasteiger partial charge in [0.1, 0.15) is 12.3 Å². The second-order valence-corrected chi connectivity index (χ2v) is 9.14. The Morgan fingerprint density at radius 2 is 2.00 bits per heavy atom. The van der Waals surface area contributed by atoms with E-state index in [4.69, 9.17) is 4.74 Å². The van der Waals surface area contributed by atoms with Crippen LogP contribution in [-0.4, -0.2) is 31.0 Å². The average molecular weight is 373 g/mol. The molecule has 2 aliphatic rings. The summed E-state index contributed by atoms with van der Waals surface area (Å²) in [6.45, 7) is 10.9. The molecule has 1 aromatic carbocycles. The minimum Gasteiger partial charge on any atom is -0.482 e. The van der Waals surface area contributed by atoms with Gasteiger partial charge < -0.3 is 10.1 Å². The molecule has 5 heteroatoms. The van der Waals surface area contributed by atoms with Crippen LogP contribution in [0.25, 0.3) is 0 Å². The molecule has 1 saturated carbocycles. The number of hydrogen-bond acceptors (Lipinski definition) is 3. The molecule has 0 radical (unpaired) electrons. The van der Waals surface area contributed by atoms with Crippen LogP contribution < -0.4 is 15.0 Å². The molecule has 3 rings (SSSR count). The number of hydrogen-bond donors (Lipinski definition) is 1. The third kappa shape index (κ3) is 4.28. The molecule has 3 atom stereocenters. The van der Waals surface area contributed by atoms with Crippen molar-refractivity contribution in [3.05, 3.63) is 23.8 Å². The van der Waals surface area contributed by atoms with Gasteiger partial charge in [0.2, 0.25) is 5.91 Å². The maximum absolute atomic E-state index is 12.7. The number of nitrogens with zero attached hydrogens (tertiary/aromatic N) is 1. The Morgan fingerprint density at radius 1 is 1.26 bits per heavy atom. The summed E-state index contributed by atoms with van der Waals surface area (Å²) in [5.41, 5.74) is 1.76. The van der Waals surface area contributed by atoms with Crippen molar-refractivity contribution in [3.8, 4) is 5.75 Å². The van der Waals surface area contributed by atoms with E-state index >= 15 is 0 Å². The van der Waals surface area contributed by atoms with E-state index in [1.165, 1.54) is 6.42 Å². The Hall–Kier alpha value is -2.04. The topological polar surface area (TPSA) is 58.6 Å². The normalized spacial score (nSPS) is 25.6. The van der Waals surface area contributed by atoms with E-state index in [1.807, 2.05) is 18.2 Å². The van der Waals surface area contributed by atoms with Crippen LogP contribution in [0.15, 0.2) is 18.2 Å². The van der Waals surface area contributed by atoms with Gasteiger partial charge in [-0.05, 0) is 41.4 Å². The van der Waals surface area contributed by atoms with Crippen LogP contribution in [0.5, 0.6) is 5.75 Å². The lowest BCUT2D eigenvalue weighted by Gasteiger charge is -2.35. The number of carbonyl (C=O) groups is 2. The number of carbonyl (C=O) groups excluding carboxylic acids is 2. The number of ether oxygens (including phenoxy) is 1. The molecule has 1 aromatic rings. The van der Waals surface area contributed by atoms with Gasteiger partial charge in [0.05, 0.1) is 5.69 Å². The predicted octanol–water partition coefficient (Wildman–Crippen LogP) is 3.65. The van der Waals surface area contributed by atoms with E-state index in [1.54, 1.807) is 4.90 Å². The Labute approximate surface area is 162 Å². The first kappa shape index (κ1) is 19.7. The number of fused-ring (bicyclic) bond motifs is 1. The SMILES string of the molecule is C[C@H]1[C@@H](NC(=O)CN2C(=O)COc3ccc(C(C)(C)C)cc32)CCC[C@@H]1C. The van der Waals surface area contributed by atoms with E-state index in [-0.39, 0.29) is 36.4 Å². The van der Waals surface area contributed by atoms with E-state index in [2.05, 4.69) is 39.9 Å². The van der Waals surface area contributed by atoms with Gasteiger partial charge in [-0.2, -0.15) is 0 Å². The molecular weight excluding hydrogens is 340 g/mol. The molecule has 1 aliphatic carbocycles. The molecule has 27 heavy (non-hydrogen) atoms. The quantitative estimate of drug-likeness (QED) is 0.881. The first-order chi connectivity index (χ1) is 12.7. The zero-order valence-electron chi connectivity index (χ0n) is 17.2. The molecule has 1 aliphatic heterocycles. The fraction of sp³-hybridized carbons (Fsp3) is 0.636. The van der Waals surface area contributed by atoms with Crippen molar-refractivity contribution in [2.45, 2.75) is 65.3 Å². The second-order valence-electron chi connectivity index (χ2n) is 9.14. The molecule has 0 aromatic heterocycles. The van der Waals surface area contributed by atoms with Gasteiger partial charge in [0, 0.05) is 6.04 Å². The van der Waals surface area contributed by atoms with Crippen LogP contribution in [0.4, 0.5) is 5.69 Å². The number of nitrogens with one attached hydrogen (secondary N) is 1. The van der Waals surface area contributed by atoms with Gasteiger partial charge in [0.15, 0.2) is 6.61 Å². The van der Waals surface area contributed by atoms with Crippen LogP contribution in [0.1, 0.15) is 59.4 Å². The number of rotatable bonds is 3. The van der Waals surface area contributed by atoms with E-state index in [0.29, 0.717) is 23.3 Å². The van der Waals surface area contributed by atoms with Gasteiger partial charge >= 0.3 is 0 Å². The maximum Gasteiger partial charge on any atom is 0.265 e. The zero-order valence-corrected chi connectivity index (χ0v) is 17.2. The second kappa shape index (κ2) is 7.53. The van der Waals surface area contributed by atoms with Gasteiger partial charge in [-0.3, -0.25) is 14.5 Å². The Bertz CT molecular complexity index is 723. The Balaban J connectivity index is 1.76. The molecular formula is C22H32N2O3. The van der Waals surface area contributed by atoms with Crippen LogP contribution in [-0.2, 0) is 15.0 Å². The average Bonchev–Trinajstić information content (AvgIpc) is 2.60. The maximum atomic E-state index is 12.7. The van der Waals surface area contributed by atoms with Crippen molar-refractivity contribution in [3.63, 3.8) is 0 Å². The molecule has 1 N–H and O–H groups in total. The summed E-state index contributed by atoms with van der Waals surface area (Å²) in [6.07, 6.45) is 3.38. The number of amides is 2. The summed E-state index contributed by atoms with van der Waals surface area (Å²) < 4.78 is 5.57. The van der Waals surface area contributed by atoms with Crippen molar-refractivity contribution >= 4 is 17.5 Å². The minimum atomic E-state index is -0.172. The third-order valence-electron chi connectivity index (χ3n) is 6.12. The van der Waals surface area contributed by atoms with Crippen LogP contribution in [0.2, 0.25) is 0 Å².